The van der Waals surface area contributed by atoms with Gasteiger partial charge in [0.25, 0.3) is 5.79 Å². The van der Waals surface area contributed by atoms with E-state index in [0.29, 0.717) is 17.1 Å². The fourth-order valence-corrected chi connectivity index (χ4v) is 2.82. The van der Waals surface area contributed by atoms with E-state index in [1.807, 2.05) is 0 Å². The van der Waals surface area contributed by atoms with Crippen molar-refractivity contribution in [1.29, 1.82) is 0 Å². The molecule has 3 rings (SSSR count). The minimum absolute atomic E-state index is 0.0696. The number of rotatable bonds is 3. The highest BCUT2D eigenvalue weighted by Gasteiger charge is 2.44. The lowest BCUT2D eigenvalue weighted by Crippen LogP contribution is -2.34. The number of carboxylic acids is 1. The van der Waals surface area contributed by atoms with Crippen LogP contribution in [0.25, 0.3) is 0 Å². The zero-order valence-electron chi connectivity index (χ0n) is 10.6. The van der Waals surface area contributed by atoms with E-state index in [9.17, 15) is 4.79 Å². The number of nitrogens with two attached hydrogens (primary N) is 1. The average Bonchev–Trinajstić information content (AvgIpc) is 2.96. The van der Waals surface area contributed by atoms with Crippen LogP contribution in [0.4, 0.5) is 0 Å². The molecule has 1 spiro atoms. The Morgan fingerprint density at radius 1 is 1.32 bits per heavy atom. The second-order valence-corrected chi connectivity index (χ2v) is 5.15. The van der Waals surface area contributed by atoms with E-state index in [4.69, 9.17) is 20.3 Å². The highest BCUT2D eigenvalue weighted by atomic mass is 16.7. The van der Waals surface area contributed by atoms with Crippen molar-refractivity contribution < 1.29 is 19.4 Å². The minimum atomic E-state index is -0.919. The van der Waals surface area contributed by atoms with Crippen molar-refractivity contribution in [2.24, 2.45) is 5.73 Å². The summed E-state index contributed by atoms with van der Waals surface area (Å²) in [7, 11) is 0. The summed E-state index contributed by atoms with van der Waals surface area (Å²) in [5.74, 6) is -0.792. The summed E-state index contributed by atoms with van der Waals surface area (Å²) in [6.45, 7) is 0.0696. The van der Waals surface area contributed by atoms with Gasteiger partial charge in [0.2, 0.25) is 0 Å². The third-order valence-corrected chi connectivity index (χ3v) is 3.86. The first kappa shape index (κ1) is 12.3. The standard InChI is InChI=1S/C14H17NO4/c15-8-10(13(16)17)9-3-4-11-12(7-9)19-14(18-11)5-1-2-6-14/h3-4,7,10H,1-2,5-6,8,15H2,(H,16,17). The maximum atomic E-state index is 11.1. The minimum Gasteiger partial charge on any atom is -0.481 e. The number of carboxylic acid groups (broad SMARTS) is 1. The molecule has 5 heteroatoms. The summed E-state index contributed by atoms with van der Waals surface area (Å²) < 4.78 is 11.8. The van der Waals surface area contributed by atoms with Crippen LogP contribution in [-0.2, 0) is 4.79 Å². The predicted molar refractivity (Wildman–Crippen MR) is 68.3 cm³/mol. The van der Waals surface area contributed by atoms with Gasteiger partial charge < -0.3 is 20.3 Å². The van der Waals surface area contributed by atoms with Gasteiger partial charge in [0.1, 0.15) is 0 Å². The lowest BCUT2D eigenvalue weighted by molar-refractivity contribution is -0.138. The molecule has 1 aromatic carbocycles. The topological polar surface area (TPSA) is 81.8 Å². The molecule has 1 atom stereocenters. The molecule has 3 N–H and O–H groups in total. The Balaban J connectivity index is 1.88. The SMILES string of the molecule is NCC(C(=O)O)c1ccc2c(c1)OC1(CCCC1)O2. The Labute approximate surface area is 111 Å². The lowest BCUT2D eigenvalue weighted by Gasteiger charge is -2.21. The van der Waals surface area contributed by atoms with Gasteiger partial charge >= 0.3 is 5.97 Å². The summed E-state index contributed by atoms with van der Waals surface area (Å²) >= 11 is 0. The summed E-state index contributed by atoms with van der Waals surface area (Å²) in [6.07, 6.45) is 3.97. The maximum absolute atomic E-state index is 11.1. The van der Waals surface area contributed by atoms with Crippen molar-refractivity contribution in [2.45, 2.75) is 37.4 Å². The lowest BCUT2D eigenvalue weighted by atomic mass is 9.99. The number of hydrogen-bond acceptors (Lipinski definition) is 4. The smallest absolute Gasteiger partial charge is 0.312 e. The molecular weight excluding hydrogens is 246 g/mol. The number of fused-ring (bicyclic) bond motifs is 1. The van der Waals surface area contributed by atoms with Crippen LogP contribution >= 0.6 is 0 Å². The molecule has 0 radical (unpaired) electrons. The molecule has 0 saturated heterocycles. The molecule has 1 aromatic rings. The molecule has 0 amide bonds. The van der Waals surface area contributed by atoms with Gasteiger partial charge in [-0.25, -0.2) is 0 Å². The third-order valence-electron chi connectivity index (χ3n) is 3.86. The van der Waals surface area contributed by atoms with E-state index in [1.54, 1.807) is 18.2 Å². The second-order valence-electron chi connectivity index (χ2n) is 5.15. The van der Waals surface area contributed by atoms with E-state index in [0.717, 1.165) is 25.7 Å². The fraction of sp³-hybridized carbons (Fsp3) is 0.500. The first-order valence-electron chi connectivity index (χ1n) is 6.58. The first-order chi connectivity index (χ1) is 9.13. The van der Waals surface area contributed by atoms with Crippen LogP contribution in [-0.4, -0.2) is 23.4 Å². The highest BCUT2D eigenvalue weighted by Crippen LogP contribution is 2.47. The number of hydrogen-bond donors (Lipinski definition) is 2. The Kier molecular flexibility index (Phi) is 2.86. The van der Waals surface area contributed by atoms with Crippen molar-refractivity contribution in [3.63, 3.8) is 0 Å². The van der Waals surface area contributed by atoms with Gasteiger partial charge in [0.15, 0.2) is 11.5 Å². The summed E-state index contributed by atoms with van der Waals surface area (Å²) in [5, 5.41) is 9.13. The molecule has 5 nitrogen and oxygen atoms in total. The van der Waals surface area contributed by atoms with Gasteiger partial charge in [-0.15, -0.1) is 0 Å². The van der Waals surface area contributed by atoms with Crippen molar-refractivity contribution in [3.05, 3.63) is 23.8 Å². The third kappa shape index (κ3) is 2.04. The van der Waals surface area contributed by atoms with Gasteiger partial charge in [0.05, 0.1) is 5.92 Å². The van der Waals surface area contributed by atoms with Gasteiger partial charge in [-0.05, 0) is 30.5 Å². The Hall–Kier alpha value is -1.75. The van der Waals surface area contributed by atoms with Crippen molar-refractivity contribution >= 4 is 5.97 Å². The van der Waals surface area contributed by atoms with Crippen LogP contribution in [0, 0.1) is 0 Å². The van der Waals surface area contributed by atoms with Gasteiger partial charge in [-0.1, -0.05) is 6.07 Å². The number of carbonyl (C=O) groups is 1. The van der Waals surface area contributed by atoms with Gasteiger partial charge in [-0.3, -0.25) is 4.79 Å². The molecule has 1 aliphatic heterocycles. The molecule has 102 valence electrons. The van der Waals surface area contributed by atoms with E-state index >= 15 is 0 Å². The van der Waals surface area contributed by atoms with Crippen LogP contribution in [0.15, 0.2) is 18.2 Å². The van der Waals surface area contributed by atoms with Crippen molar-refractivity contribution in [1.82, 2.24) is 0 Å². The van der Waals surface area contributed by atoms with Gasteiger partial charge in [0, 0.05) is 19.4 Å². The molecule has 1 fully saturated rings. The van der Waals surface area contributed by atoms with Gasteiger partial charge in [-0.2, -0.15) is 0 Å². The second kappa shape index (κ2) is 4.42. The van der Waals surface area contributed by atoms with Crippen LogP contribution in [0.2, 0.25) is 0 Å². The number of ether oxygens (including phenoxy) is 2. The maximum Gasteiger partial charge on any atom is 0.312 e. The molecule has 1 heterocycles. The molecular formula is C14H17NO4. The molecule has 1 saturated carbocycles. The molecule has 0 bridgehead atoms. The van der Waals surface area contributed by atoms with Crippen molar-refractivity contribution in [2.75, 3.05) is 6.54 Å². The zero-order chi connectivity index (χ0) is 13.5. The van der Waals surface area contributed by atoms with Crippen LogP contribution < -0.4 is 15.2 Å². The van der Waals surface area contributed by atoms with Crippen LogP contribution in [0.5, 0.6) is 11.5 Å². The van der Waals surface area contributed by atoms with E-state index in [-0.39, 0.29) is 6.54 Å². The van der Waals surface area contributed by atoms with Crippen LogP contribution in [0.3, 0.4) is 0 Å². The van der Waals surface area contributed by atoms with E-state index in [2.05, 4.69) is 0 Å². The number of aliphatic carboxylic acids is 1. The quantitative estimate of drug-likeness (QED) is 0.869. The largest absolute Gasteiger partial charge is 0.481 e. The average molecular weight is 263 g/mol. The number of benzene rings is 1. The van der Waals surface area contributed by atoms with E-state index < -0.39 is 17.7 Å². The Morgan fingerprint density at radius 3 is 2.63 bits per heavy atom. The monoisotopic (exact) mass is 263 g/mol. The highest BCUT2D eigenvalue weighted by molar-refractivity contribution is 5.76. The molecule has 19 heavy (non-hydrogen) atoms. The Bertz CT molecular complexity index is 508. The van der Waals surface area contributed by atoms with Crippen LogP contribution in [0.1, 0.15) is 37.2 Å². The molecule has 2 aliphatic rings. The molecule has 1 aliphatic carbocycles. The predicted octanol–water partition coefficient (Wildman–Crippen LogP) is 1.85. The summed E-state index contributed by atoms with van der Waals surface area (Å²) in [4.78, 5) is 11.1. The zero-order valence-corrected chi connectivity index (χ0v) is 10.6. The van der Waals surface area contributed by atoms with Crippen molar-refractivity contribution in [3.8, 4) is 11.5 Å². The fourth-order valence-electron chi connectivity index (χ4n) is 2.82. The Morgan fingerprint density at radius 2 is 2.00 bits per heavy atom. The molecule has 0 aromatic heterocycles. The molecule has 1 unspecified atom stereocenters. The first-order valence-corrected chi connectivity index (χ1v) is 6.58. The summed E-state index contributed by atoms with van der Waals surface area (Å²) in [5.41, 5.74) is 6.17. The van der Waals surface area contributed by atoms with E-state index in [1.165, 1.54) is 0 Å². The summed E-state index contributed by atoms with van der Waals surface area (Å²) in [6, 6.07) is 5.28. The normalized spacial score (nSPS) is 20.7.